The van der Waals surface area contributed by atoms with Crippen molar-refractivity contribution in [3.63, 3.8) is 0 Å². The lowest BCUT2D eigenvalue weighted by Crippen LogP contribution is -2.51. The van der Waals surface area contributed by atoms with Crippen LogP contribution in [0.2, 0.25) is 0 Å². The molecule has 1 unspecified atom stereocenters. The third-order valence-corrected chi connectivity index (χ3v) is 5.42. The van der Waals surface area contributed by atoms with E-state index in [0.717, 1.165) is 18.2 Å². The summed E-state index contributed by atoms with van der Waals surface area (Å²) in [4.78, 5) is 2.54. The van der Waals surface area contributed by atoms with Crippen LogP contribution in [0.25, 0.3) is 11.1 Å². The van der Waals surface area contributed by atoms with Gasteiger partial charge < -0.3 is 14.4 Å². The fraction of sp³-hybridized carbons (Fsp3) is 0.429. The van der Waals surface area contributed by atoms with Gasteiger partial charge in [-0.05, 0) is 60.7 Å². The van der Waals surface area contributed by atoms with Crippen molar-refractivity contribution in [2.45, 2.75) is 25.6 Å². The highest BCUT2D eigenvalue weighted by molar-refractivity contribution is 5.65. The molecule has 2 aromatic carbocycles. The SMILES string of the molecule is COc1cccc(-c2ccc(COC3CN4CCC3CC4)cc2)c1. The average Bonchev–Trinajstić information content (AvgIpc) is 2.68. The zero-order chi connectivity index (χ0) is 16.4. The summed E-state index contributed by atoms with van der Waals surface area (Å²) in [7, 11) is 1.70. The van der Waals surface area contributed by atoms with E-state index in [2.05, 4.69) is 41.3 Å². The lowest BCUT2D eigenvalue weighted by molar-refractivity contribution is -0.0765. The van der Waals surface area contributed by atoms with Crippen LogP contribution in [0.15, 0.2) is 48.5 Å². The normalized spacial score (nSPS) is 25.6. The van der Waals surface area contributed by atoms with Crippen molar-refractivity contribution in [3.8, 4) is 16.9 Å². The molecule has 1 atom stereocenters. The van der Waals surface area contributed by atoms with E-state index < -0.39 is 0 Å². The van der Waals surface area contributed by atoms with Gasteiger partial charge >= 0.3 is 0 Å². The molecule has 24 heavy (non-hydrogen) atoms. The predicted octanol–water partition coefficient (Wildman–Crippen LogP) is 3.97. The van der Waals surface area contributed by atoms with Crippen LogP contribution < -0.4 is 4.74 Å². The van der Waals surface area contributed by atoms with E-state index in [1.807, 2.05) is 12.1 Å². The summed E-state index contributed by atoms with van der Waals surface area (Å²) in [5.74, 6) is 1.66. The van der Waals surface area contributed by atoms with E-state index in [1.165, 1.54) is 42.6 Å². The number of ether oxygens (including phenoxy) is 2. The first-order chi connectivity index (χ1) is 11.8. The molecule has 3 heteroatoms. The number of nitrogens with zero attached hydrogens (tertiary/aromatic N) is 1. The topological polar surface area (TPSA) is 21.7 Å². The molecule has 0 amide bonds. The van der Waals surface area contributed by atoms with E-state index in [9.17, 15) is 0 Å². The van der Waals surface area contributed by atoms with Crippen LogP contribution in [0.5, 0.6) is 5.75 Å². The van der Waals surface area contributed by atoms with Crippen LogP contribution in [-0.4, -0.2) is 37.7 Å². The molecule has 3 nitrogen and oxygen atoms in total. The Morgan fingerprint density at radius 2 is 1.79 bits per heavy atom. The Morgan fingerprint density at radius 1 is 1.00 bits per heavy atom. The van der Waals surface area contributed by atoms with Gasteiger partial charge in [0, 0.05) is 6.54 Å². The highest BCUT2D eigenvalue weighted by atomic mass is 16.5. The number of hydrogen-bond donors (Lipinski definition) is 0. The Balaban J connectivity index is 1.39. The number of methoxy groups -OCH3 is 1. The highest BCUT2D eigenvalue weighted by Crippen LogP contribution is 2.30. The summed E-state index contributed by atoms with van der Waals surface area (Å²) < 4.78 is 11.5. The standard InChI is InChI=1S/C21H25NO2/c1-23-20-4-2-3-19(13-20)17-7-5-16(6-8-17)15-24-21-14-22-11-9-18(21)10-12-22/h2-8,13,18,21H,9-12,14-15H2,1H3. The maximum absolute atomic E-state index is 6.22. The lowest BCUT2D eigenvalue weighted by Gasteiger charge is -2.44. The minimum Gasteiger partial charge on any atom is -0.497 e. The Bertz CT molecular complexity index is 674. The fourth-order valence-electron chi connectivity index (χ4n) is 3.90. The number of fused-ring (bicyclic) bond motifs is 3. The quantitative estimate of drug-likeness (QED) is 0.831. The highest BCUT2D eigenvalue weighted by Gasteiger charge is 2.34. The van der Waals surface area contributed by atoms with Crippen LogP contribution in [0.3, 0.4) is 0 Å². The van der Waals surface area contributed by atoms with Crippen molar-refractivity contribution in [2.75, 3.05) is 26.7 Å². The Hall–Kier alpha value is -1.84. The predicted molar refractivity (Wildman–Crippen MR) is 96.2 cm³/mol. The zero-order valence-corrected chi connectivity index (χ0v) is 14.3. The van der Waals surface area contributed by atoms with Crippen molar-refractivity contribution >= 4 is 0 Å². The van der Waals surface area contributed by atoms with E-state index in [0.29, 0.717) is 12.7 Å². The van der Waals surface area contributed by atoms with Gasteiger partial charge in [-0.1, -0.05) is 36.4 Å². The van der Waals surface area contributed by atoms with E-state index in [-0.39, 0.29) is 0 Å². The molecule has 3 saturated heterocycles. The monoisotopic (exact) mass is 323 g/mol. The lowest BCUT2D eigenvalue weighted by atomic mass is 9.86. The van der Waals surface area contributed by atoms with Gasteiger partial charge in [0.15, 0.2) is 0 Å². The number of piperidine rings is 3. The fourth-order valence-corrected chi connectivity index (χ4v) is 3.90. The smallest absolute Gasteiger partial charge is 0.119 e. The molecule has 0 N–H and O–H groups in total. The second-order valence-electron chi connectivity index (χ2n) is 6.92. The first kappa shape index (κ1) is 15.7. The molecule has 5 rings (SSSR count). The van der Waals surface area contributed by atoms with Crippen LogP contribution in [0.4, 0.5) is 0 Å². The summed E-state index contributed by atoms with van der Waals surface area (Å²) in [6.07, 6.45) is 3.03. The number of hydrogen-bond acceptors (Lipinski definition) is 3. The molecule has 2 bridgehead atoms. The van der Waals surface area contributed by atoms with Gasteiger partial charge in [0.2, 0.25) is 0 Å². The summed E-state index contributed by atoms with van der Waals surface area (Å²) in [5, 5.41) is 0. The molecule has 126 valence electrons. The summed E-state index contributed by atoms with van der Waals surface area (Å²) >= 11 is 0. The van der Waals surface area contributed by atoms with Crippen molar-refractivity contribution in [1.29, 1.82) is 0 Å². The first-order valence-corrected chi connectivity index (χ1v) is 8.89. The van der Waals surface area contributed by atoms with Crippen LogP contribution in [0.1, 0.15) is 18.4 Å². The number of rotatable bonds is 5. The van der Waals surface area contributed by atoms with Gasteiger partial charge in [-0.3, -0.25) is 0 Å². The maximum Gasteiger partial charge on any atom is 0.119 e. The van der Waals surface area contributed by atoms with E-state index in [4.69, 9.17) is 9.47 Å². The van der Waals surface area contributed by atoms with Gasteiger partial charge in [-0.25, -0.2) is 0 Å². The third-order valence-electron chi connectivity index (χ3n) is 5.42. The van der Waals surface area contributed by atoms with Gasteiger partial charge in [0.05, 0.1) is 19.8 Å². The summed E-state index contributed by atoms with van der Waals surface area (Å²) in [5.41, 5.74) is 3.64. The molecule has 2 aromatic rings. The van der Waals surface area contributed by atoms with E-state index >= 15 is 0 Å². The molecular weight excluding hydrogens is 298 g/mol. The molecule has 0 saturated carbocycles. The molecule has 0 radical (unpaired) electrons. The zero-order valence-electron chi connectivity index (χ0n) is 14.3. The minimum atomic E-state index is 0.422. The summed E-state index contributed by atoms with van der Waals surface area (Å²) in [6.45, 7) is 4.36. The Labute approximate surface area is 144 Å². The van der Waals surface area contributed by atoms with E-state index in [1.54, 1.807) is 7.11 Å². The van der Waals surface area contributed by atoms with Crippen molar-refractivity contribution in [1.82, 2.24) is 4.90 Å². The van der Waals surface area contributed by atoms with Crippen molar-refractivity contribution < 1.29 is 9.47 Å². The molecule has 0 aliphatic carbocycles. The molecule has 3 fully saturated rings. The van der Waals surface area contributed by atoms with Gasteiger partial charge in [-0.15, -0.1) is 0 Å². The van der Waals surface area contributed by atoms with Gasteiger partial charge in [-0.2, -0.15) is 0 Å². The van der Waals surface area contributed by atoms with Gasteiger partial charge in [0.1, 0.15) is 5.75 Å². The molecule has 3 heterocycles. The minimum absolute atomic E-state index is 0.422. The van der Waals surface area contributed by atoms with Crippen LogP contribution in [-0.2, 0) is 11.3 Å². The molecule has 0 spiro atoms. The Morgan fingerprint density at radius 3 is 2.46 bits per heavy atom. The third kappa shape index (κ3) is 3.33. The maximum atomic E-state index is 6.22. The van der Waals surface area contributed by atoms with Crippen molar-refractivity contribution in [2.24, 2.45) is 5.92 Å². The Kier molecular flexibility index (Phi) is 4.54. The average molecular weight is 323 g/mol. The van der Waals surface area contributed by atoms with Crippen molar-refractivity contribution in [3.05, 3.63) is 54.1 Å². The van der Waals surface area contributed by atoms with Crippen LogP contribution in [0, 0.1) is 5.92 Å². The first-order valence-electron chi connectivity index (χ1n) is 8.89. The second-order valence-corrected chi connectivity index (χ2v) is 6.92. The van der Waals surface area contributed by atoms with Crippen LogP contribution >= 0.6 is 0 Å². The molecule has 0 aromatic heterocycles. The molecular formula is C21H25NO2. The number of benzene rings is 2. The molecule has 3 aliphatic rings. The molecule has 3 aliphatic heterocycles. The summed E-state index contributed by atoms with van der Waals surface area (Å²) in [6, 6.07) is 16.9. The van der Waals surface area contributed by atoms with Gasteiger partial charge in [0.25, 0.3) is 0 Å². The second kappa shape index (κ2) is 6.96. The largest absolute Gasteiger partial charge is 0.497 e.